The zero-order valence-electron chi connectivity index (χ0n) is 12.6. The Labute approximate surface area is 124 Å². The summed E-state index contributed by atoms with van der Waals surface area (Å²) in [6, 6.07) is 9.37. The van der Waals surface area contributed by atoms with E-state index in [-0.39, 0.29) is 0 Å². The van der Waals surface area contributed by atoms with Crippen LogP contribution in [0.15, 0.2) is 34.7 Å². The highest BCUT2D eigenvalue weighted by Gasteiger charge is 2.12. The summed E-state index contributed by atoms with van der Waals surface area (Å²) in [4.78, 5) is 0. The number of nitrogens with one attached hydrogen (secondary N) is 1. The number of hydrogen-bond donors (Lipinski definition) is 1. The van der Waals surface area contributed by atoms with Crippen molar-refractivity contribution in [1.82, 2.24) is 5.32 Å². The number of rotatable bonds is 8. The van der Waals surface area contributed by atoms with E-state index in [2.05, 4.69) is 12.2 Å². The molecular weight excluding hydrogens is 270 g/mol. The van der Waals surface area contributed by atoms with E-state index >= 15 is 0 Å². The number of methoxy groups -OCH3 is 2. The van der Waals surface area contributed by atoms with Gasteiger partial charge < -0.3 is 23.9 Å². The van der Waals surface area contributed by atoms with Crippen LogP contribution < -0.4 is 19.5 Å². The van der Waals surface area contributed by atoms with Gasteiger partial charge in [0.25, 0.3) is 0 Å². The topological polar surface area (TPSA) is 52.9 Å². The Morgan fingerprint density at radius 3 is 2.29 bits per heavy atom. The molecule has 5 heteroatoms. The van der Waals surface area contributed by atoms with E-state index in [1.54, 1.807) is 14.2 Å². The third-order valence-corrected chi connectivity index (χ3v) is 3.01. The van der Waals surface area contributed by atoms with E-state index < -0.39 is 0 Å². The van der Waals surface area contributed by atoms with Crippen molar-refractivity contribution in [2.24, 2.45) is 0 Å². The van der Waals surface area contributed by atoms with Gasteiger partial charge in [-0.15, -0.1) is 0 Å². The van der Waals surface area contributed by atoms with Crippen LogP contribution in [0.5, 0.6) is 17.2 Å². The maximum atomic E-state index is 5.79. The fourth-order valence-electron chi connectivity index (χ4n) is 1.95. The van der Waals surface area contributed by atoms with Crippen molar-refractivity contribution in [1.29, 1.82) is 0 Å². The van der Waals surface area contributed by atoms with Crippen LogP contribution in [0, 0.1) is 0 Å². The predicted octanol–water partition coefficient (Wildman–Crippen LogP) is 2.99. The van der Waals surface area contributed by atoms with Gasteiger partial charge in [0, 0.05) is 0 Å². The summed E-state index contributed by atoms with van der Waals surface area (Å²) >= 11 is 0. The lowest BCUT2D eigenvalue weighted by Gasteiger charge is -2.13. The average molecular weight is 291 g/mol. The molecule has 0 saturated heterocycles. The van der Waals surface area contributed by atoms with Gasteiger partial charge in [0.2, 0.25) is 5.75 Å². The molecule has 1 heterocycles. The molecule has 0 fully saturated rings. The Kier molecular flexibility index (Phi) is 5.51. The molecule has 0 radical (unpaired) electrons. The second-order valence-corrected chi connectivity index (χ2v) is 4.43. The van der Waals surface area contributed by atoms with E-state index in [1.807, 2.05) is 30.3 Å². The molecular formula is C16H21NO4. The SMILES string of the molecule is CCNCc1ccc(COc2c(OC)cccc2OC)o1. The molecule has 1 N–H and O–H groups in total. The molecule has 2 aromatic rings. The Hall–Kier alpha value is -2.14. The Bertz CT molecular complexity index is 543. The zero-order chi connectivity index (χ0) is 15.1. The third kappa shape index (κ3) is 3.92. The van der Waals surface area contributed by atoms with Crippen LogP contribution in [0.4, 0.5) is 0 Å². The maximum Gasteiger partial charge on any atom is 0.203 e. The molecule has 1 aromatic heterocycles. The van der Waals surface area contributed by atoms with E-state index in [9.17, 15) is 0 Å². The lowest BCUT2D eigenvalue weighted by Crippen LogP contribution is -2.10. The van der Waals surface area contributed by atoms with Crippen LogP contribution in [-0.2, 0) is 13.2 Å². The van der Waals surface area contributed by atoms with Crippen LogP contribution in [0.25, 0.3) is 0 Å². The summed E-state index contributed by atoms with van der Waals surface area (Å²) in [5.41, 5.74) is 0. The van der Waals surface area contributed by atoms with Gasteiger partial charge in [-0.2, -0.15) is 0 Å². The summed E-state index contributed by atoms with van der Waals surface area (Å²) in [5, 5.41) is 3.21. The summed E-state index contributed by atoms with van der Waals surface area (Å²) in [6.07, 6.45) is 0. The minimum atomic E-state index is 0.322. The molecule has 0 aliphatic heterocycles. The van der Waals surface area contributed by atoms with Gasteiger partial charge in [-0.05, 0) is 30.8 Å². The lowest BCUT2D eigenvalue weighted by molar-refractivity contribution is 0.239. The lowest BCUT2D eigenvalue weighted by atomic mass is 10.3. The van der Waals surface area contributed by atoms with Crippen LogP contribution in [0.2, 0.25) is 0 Å². The highest BCUT2D eigenvalue weighted by molar-refractivity contribution is 5.51. The van der Waals surface area contributed by atoms with Gasteiger partial charge in [0.05, 0.1) is 20.8 Å². The highest BCUT2D eigenvalue weighted by Crippen LogP contribution is 2.37. The minimum Gasteiger partial charge on any atom is -0.493 e. The molecule has 0 amide bonds. The van der Waals surface area contributed by atoms with Gasteiger partial charge in [-0.25, -0.2) is 0 Å². The van der Waals surface area contributed by atoms with Crippen molar-refractivity contribution in [3.05, 3.63) is 41.9 Å². The standard InChI is InChI=1S/C16H21NO4/c1-4-17-10-12-8-9-13(21-12)11-20-16-14(18-2)6-5-7-15(16)19-3/h5-9,17H,4,10-11H2,1-3H3. The fourth-order valence-corrected chi connectivity index (χ4v) is 1.95. The van der Waals surface area contributed by atoms with Crippen molar-refractivity contribution in [2.45, 2.75) is 20.1 Å². The van der Waals surface area contributed by atoms with Crippen molar-refractivity contribution in [3.63, 3.8) is 0 Å². The maximum absolute atomic E-state index is 5.79. The molecule has 5 nitrogen and oxygen atoms in total. The first-order valence-corrected chi connectivity index (χ1v) is 6.90. The van der Waals surface area contributed by atoms with Gasteiger partial charge in [-0.3, -0.25) is 0 Å². The first-order chi connectivity index (χ1) is 10.3. The minimum absolute atomic E-state index is 0.322. The second-order valence-electron chi connectivity index (χ2n) is 4.43. The summed E-state index contributed by atoms with van der Waals surface area (Å²) < 4.78 is 22.1. The molecule has 0 saturated carbocycles. The van der Waals surface area contributed by atoms with Crippen molar-refractivity contribution >= 4 is 0 Å². The van der Waals surface area contributed by atoms with Crippen molar-refractivity contribution < 1.29 is 18.6 Å². The zero-order valence-corrected chi connectivity index (χ0v) is 12.6. The van der Waals surface area contributed by atoms with Crippen molar-refractivity contribution in [3.8, 4) is 17.2 Å². The van der Waals surface area contributed by atoms with Crippen molar-refractivity contribution in [2.75, 3.05) is 20.8 Å². The number of hydrogen-bond acceptors (Lipinski definition) is 5. The largest absolute Gasteiger partial charge is 0.493 e. The molecule has 114 valence electrons. The average Bonchev–Trinajstić information content (AvgIpc) is 2.98. The van der Waals surface area contributed by atoms with Gasteiger partial charge in [0.1, 0.15) is 18.1 Å². The van der Waals surface area contributed by atoms with Crippen LogP contribution in [0.3, 0.4) is 0 Å². The van der Waals surface area contributed by atoms with E-state index in [0.29, 0.717) is 30.4 Å². The Balaban J connectivity index is 2.04. The number of benzene rings is 1. The molecule has 0 bridgehead atoms. The molecule has 0 aliphatic rings. The van der Waals surface area contributed by atoms with Crippen LogP contribution in [-0.4, -0.2) is 20.8 Å². The van der Waals surface area contributed by atoms with E-state index in [0.717, 1.165) is 18.1 Å². The first kappa shape index (κ1) is 15.3. The molecule has 1 aromatic carbocycles. The third-order valence-electron chi connectivity index (χ3n) is 3.01. The summed E-state index contributed by atoms with van der Waals surface area (Å²) in [5.74, 6) is 3.49. The fraction of sp³-hybridized carbons (Fsp3) is 0.375. The summed E-state index contributed by atoms with van der Waals surface area (Å²) in [6.45, 7) is 4.00. The smallest absolute Gasteiger partial charge is 0.203 e. The summed E-state index contributed by atoms with van der Waals surface area (Å²) in [7, 11) is 3.20. The van der Waals surface area contributed by atoms with E-state index in [1.165, 1.54) is 0 Å². The number of ether oxygens (including phenoxy) is 3. The molecule has 0 spiro atoms. The number of furan rings is 1. The first-order valence-electron chi connectivity index (χ1n) is 6.90. The van der Waals surface area contributed by atoms with Gasteiger partial charge in [0.15, 0.2) is 11.5 Å². The molecule has 0 atom stereocenters. The van der Waals surface area contributed by atoms with Crippen LogP contribution >= 0.6 is 0 Å². The Morgan fingerprint density at radius 1 is 1.00 bits per heavy atom. The number of para-hydroxylation sites is 1. The second kappa shape index (κ2) is 7.59. The predicted molar refractivity (Wildman–Crippen MR) is 80.0 cm³/mol. The normalized spacial score (nSPS) is 10.4. The Morgan fingerprint density at radius 2 is 1.67 bits per heavy atom. The van der Waals surface area contributed by atoms with E-state index in [4.69, 9.17) is 18.6 Å². The van der Waals surface area contributed by atoms with Gasteiger partial charge in [-0.1, -0.05) is 13.0 Å². The quantitative estimate of drug-likeness (QED) is 0.810. The molecule has 2 rings (SSSR count). The molecule has 21 heavy (non-hydrogen) atoms. The molecule has 0 aliphatic carbocycles. The molecule has 0 unspecified atom stereocenters. The van der Waals surface area contributed by atoms with Crippen LogP contribution in [0.1, 0.15) is 18.4 Å². The van der Waals surface area contributed by atoms with Gasteiger partial charge >= 0.3 is 0 Å². The highest BCUT2D eigenvalue weighted by atomic mass is 16.5. The monoisotopic (exact) mass is 291 g/mol.